The molecular formula is C17H15ClN2O. The minimum absolute atomic E-state index is 0.609. The smallest absolute Gasteiger partial charge is 0.216 e. The normalized spacial score (nSPS) is 10.8. The molecule has 0 unspecified atom stereocenters. The molecule has 21 heavy (non-hydrogen) atoms. The number of hydrogen-bond acceptors (Lipinski definition) is 3. The van der Waals surface area contributed by atoms with Crippen molar-refractivity contribution in [1.29, 1.82) is 0 Å². The fraction of sp³-hybridized carbons (Fsp3) is 0.176. The van der Waals surface area contributed by atoms with Gasteiger partial charge in [0.1, 0.15) is 0 Å². The topological polar surface area (TPSA) is 38.9 Å². The van der Waals surface area contributed by atoms with Crippen LogP contribution in [0.3, 0.4) is 0 Å². The second-order valence-corrected chi connectivity index (χ2v) is 5.36. The lowest BCUT2D eigenvalue weighted by Gasteiger charge is -2.05. The molecule has 3 aromatic rings. The average Bonchev–Trinajstić information content (AvgIpc) is 2.91. The molecule has 0 aliphatic heterocycles. The van der Waals surface area contributed by atoms with E-state index in [4.69, 9.17) is 16.0 Å². The molecule has 2 aromatic carbocycles. The summed E-state index contributed by atoms with van der Waals surface area (Å²) in [6.07, 6.45) is 1.62. The predicted octanol–water partition coefficient (Wildman–Crippen LogP) is 4.48. The van der Waals surface area contributed by atoms with E-state index in [1.807, 2.05) is 18.2 Å². The Labute approximate surface area is 128 Å². The van der Waals surface area contributed by atoms with Crippen molar-refractivity contribution in [3.05, 3.63) is 70.9 Å². The molecule has 0 aliphatic rings. The summed E-state index contributed by atoms with van der Waals surface area (Å²) in [5.41, 5.74) is 3.53. The Morgan fingerprint density at radius 2 is 1.71 bits per heavy atom. The molecular weight excluding hydrogens is 284 g/mol. The number of aryl methyl sites for hydroxylation is 3. The Hall–Kier alpha value is -2.13. The minimum atomic E-state index is 0.609. The molecule has 1 aromatic heterocycles. The van der Waals surface area contributed by atoms with Gasteiger partial charge in [-0.15, -0.1) is 10.2 Å². The van der Waals surface area contributed by atoms with E-state index in [0.717, 1.165) is 29.0 Å². The molecule has 0 N–H and O–H groups in total. The molecule has 1 heterocycles. The van der Waals surface area contributed by atoms with Crippen LogP contribution in [0.5, 0.6) is 0 Å². The van der Waals surface area contributed by atoms with Gasteiger partial charge < -0.3 is 4.42 Å². The Morgan fingerprint density at radius 3 is 2.43 bits per heavy atom. The molecule has 0 spiro atoms. The summed E-state index contributed by atoms with van der Waals surface area (Å²) in [6.45, 7) is 1.80. The number of aromatic nitrogens is 2. The molecule has 0 aliphatic carbocycles. The lowest BCUT2D eigenvalue weighted by molar-refractivity contribution is 0.467. The Bertz CT molecular complexity index is 752. The summed E-state index contributed by atoms with van der Waals surface area (Å²) in [6, 6.07) is 16.3. The van der Waals surface area contributed by atoms with Crippen molar-refractivity contribution in [2.75, 3.05) is 0 Å². The zero-order valence-electron chi connectivity index (χ0n) is 11.7. The van der Waals surface area contributed by atoms with Crippen LogP contribution in [0.1, 0.15) is 17.3 Å². The van der Waals surface area contributed by atoms with Gasteiger partial charge in [-0.1, -0.05) is 48.0 Å². The van der Waals surface area contributed by atoms with Crippen LogP contribution in [0.15, 0.2) is 52.9 Å². The number of halogens is 1. The maximum atomic E-state index is 6.05. The van der Waals surface area contributed by atoms with Gasteiger partial charge in [-0.2, -0.15) is 0 Å². The van der Waals surface area contributed by atoms with Gasteiger partial charge in [-0.05, 0) is 35.2 Å². The van der Waals surface area contributed by atoms with Gasteiger partial charge in [-0.25, -0.2) is 0 Å². The average molecular weight is 299 g/mol. The molecule has 0 saturated carbocycles. The number of rotatable bonds is 4. The van der Waals surface area contributed by atoms with Gasteiger partial charge in [0, 0.05) is 18.4 Å². The highest BCUT2D eigenvalue weighted by molar-refractivity contribution is 6.30. The summed E-state index contributed by atoms with van der Waals surface area (Å²) >= 11 is 6.05. The van der Waals surface area contributed by atoms with Crippen LogP contribution in [0.2, 0.25) is 5.02 Å². The fourth-order valence-electron chi connectivity index (χ4n) is 2.26. The molecule has 0 saturated heterocycles. The standard InChI is InChI=1S/C17H15ClN2O/c1-12-19-20-17(21-12)9-8-13-4-2-5-14(10-13)15-6-3-7-16(18)11-15/h2-7,10-11H,8-9H2,1H3. The van der Waals surface area contributed by atoms with E-state index in [2.05, 4.69) is 40.5 Å². The first kappa shape index (κ1) is 13.8. The summed E-state index contributed by atoms with van der Waals surface area (Å²) in [5, 5.41) is 8.61. The summed E-state index contributed by atoms with van der Waals surface area (Å²) in [5.74, 6) is 1.29. The van der Waals surface area contributed by atoms with E-state index >= 15 is 0 Å². The first-order chi connectivity index (χ1) is 10.2. The number of hydrogen-bond donors (Lipinski definition) is 0. The zero-order chi connectivity index (χ0) is 14.7. The SMILES string of the molecule is Cc1nnc(CCc2cccc(-c3cccc(Cl)c3)c2)o1. The van der Waals surface area contributed by atoms with Crippen molar-refractivity contribution >= 4 is 11.6 Å². The van der Waals surface area contributed by atoms with E-state index in [9.17, 15) is 0 Å². The first-order valence-corrected chi connectivity index (χ1v) is 7.22. The van der Waals surface area contributed by atoms with E-state index in [1.165, 1.54) is 5.56 Å². The molecule has 4 heteroatoms. The van der Waals surface area contributed by atoms with E-state index in [-0.39, 0.29) is 0 Å². The molecule has 3 nitrogen and oxygen atoms in total. The Kier molecular flexibility index (Phi) is 4.02. The van der Waals surface area contributed by atoms with Crippen molar-refractivity contribution in [2.24, 2.45) is 0 Å². The van der Waals surface area contributed by atoms with Crippen LogP contribution in [0, 0.1) is 6.92 Å². The van der Waals surface area contributed by atoms with Crippen molar-refractivity contribution in [2.45, 2.75) is 19.8 Å². The van der Waals surface area contributed by atoms with E-state index in [0.29, 0.717) is 11.8 Å². The van der Waals surface area contributed by atoms with Gasteiger partial charge >= 0.3 is 0 Å². The maximum Gasteiger partial charge on any atom is 0.216 e. The number of benzene rings is 2. The molecule has 0 fully saturated rings. The lowest BCUT2D eigenvalue weighted by Crippen LogP contribution is -1.92. The quantitative estimate of drug-likeness (QED) is 0.712. The van der Waals surface area contributed by atoms with Gasteiger partial charge in [-0.3, -0.25) is 0 Å². The second kappa shape index (κ2) is 6.10. The molecule has 3 rings (SSSR count). The highest BCUT2D eigenvalue weighted by Crippen LogP contribution is 2.24. The molecule has 0 amide bonds. The maximum absolute atomic E-state index is 6.05. The van der Waals surface area contributed by atoms with Crippen molar-refractivity contribution < 1.29 is 4.42 Å². The molecule has 106 valence electrons. The van der Waals surface area contributed by atoms with Gasteiger partial charge in [0.2, 0.25) is 11.8 Å². The highest BCUT2D eigenvalue weighted by Gasteiger charge is 2.04. The summed E-state index contributed by atoms with van der Waals surface area (Å²) in [7, 11) is 0. The zero-order valence-corrected chi connectivity index (χ0v) is 12.5. The first-order valence-electron chi connectivity index (χ1n) is 6.84. The second-order valence-electron chi connectivity index (χ2n) is 4.93. The summed E-state index contributed by atoms with van der Waals surface area (Å²) in [4.78, 5) is 0. The Morgan fingerprint density at radius 1 is 0.952 bits per heavy atom. The van der Waals surface area contributed by atoms with Gasteiger partial charge in [0.05, 0.1) is 0 Å². The molecule has 0 bridgehead atoms. The van der Waals surface area contributed by atoms with E-state index < -0.39 is 0 Å². The van der Waals surface area contributed by atoms with E-state index in [1.54, 1.807) is 6.92 Å². The third kappa shape index (κ3) is 3.50. The third-order valence-corrected chi connectivity index (χ3v) is 3.52. The molecule has 0 atom stereocenters. The molecule has 0 radical (unpaired) electrons. The summed E-state index contributed by atoms with van der Waals surface area (Å²) < 4.78 is 5.40. The van der Waals surface area contributed by atoms with Gasteiger partial charge in [0.25, 0.3) is 0 Å². The monoisotopic (exact) mass is 298 g/mol. The van der Waals surface area contributed by atoms with Crippen LogP contribution in [-0.2, 0) is 12.8 Å². The van der Waals surface area contributed by atoms with Crippen molar-refractivity contribution in [3.8, 4) is 11.1 Å². The predicted molar refractivity (Wildman–Crippen MR) is 83.3 cm³/mol. The largest absolute Gasteiger partial charge is 0.426 e. The van der Waals surface area contributed by atoms with Crippen molar-refractivity contribution in [1.82, 2.24) is 10.2 Å². The van der Waals surface area contributed by atoms with Crippen molar-refractivity contribution in [3.63, 3.8) is 0 Å². The highest BCUT2D eigenvalue weighted by atomic mass is 35.5. The minimum Gasteiger partial charge on any atom is -0.426 e. The Balaban J connectivity index is 1.77. The van der Waals surface area contributed by atoms with Crippen LogP contribution in [-0.4, -0.2) is 10.2 Å². The van der Waals surface area contributed by atoms with Crippen LogP contribution >= 0.6 is 11.6 Å². The third-order valence-electron chi connectivity index (χ3n) is 3.28. The van der Waals surface area contributed by atoms with Crippen LogP contribution < -0.4 is 0 Å². The number of nitrogens with zero attached hydrogens (tertiary/aromatic N) is 2. The lowest BCUT2D eigenvalue weighted by atomic mass is 10.0. The van der Waals surface area contributed by atoms with Crippen LogP contribution in [0.4, 0.5) is 0 Å². The van der Waals surface area contributed by atoms with Gasteiger partial charge in [0.15, 0.2) is 0 Å². The van der Waals surface area contributed by atoms with Crippen LogP contribution in [0.25, 0.3) is 11.1 Å². The fourth-order valence-corrected chi connectivity index (χ4v) is 2.45.